The van der Waals surface area contributed by atoms with Crippen LogP contribution in [-0.4, -0.2) is 6.04 Å². The van der Waals surface area contributed by atoms with Gasteiger partial charge in [0.05, 0.1) is 0 Å². The highest BCUT2D eigenvalue weighted by atomic mass is 14.7. The van der Waals surface area contributed by atoms with E-state index in [0.29, 0.717) is 6.04 Å². The lowest BCUT2D eigenvalue weighted by molar-refractivity contribution is -0.0514. The molecule has 0 heterocycles. The van der Waals surface area contributed by atoms with Crippen molar-refractivity contribution in [3.05, 3.63) is 0 Å². The number of rotatable bonds is 0. The van der Waals surface area contributed by atoms with Crippen molar-refractivity contribution in [2.45, 2.75) is 77.2 Å². The van der Waals surface area contributed by atoms with Crippen molar-refractivity contribution in [3.8, 4) is 0 Å². The minimum atomic E-state index is 0.526. The molecular formula is C18H31N. The van der Waals surface area contributed by atoms with Gasteiger partial charge in [0, 0.05) is 6.04 Å². The lowest BCUT2D eigenvalue weighted by Crippen LogP contribution is -2.48. The first-order valence-corrected chi connectivity index (χ1v) is 8.93. The summed E-state index contributed by atoms with van der Waals surface area (Å²) in [6.07, 6.45) is 14.8. The van der Waals surface area contributed by atoms with Gasteiger partial charge in [0.1, 0.15) is 0 Å². The average molecular weight is 261 g/mol. The zero-order valence-corrected chi connectivity index (χ0v) is 12.6. The van der Waals surface area contributed by atoms with Gasteiger partial charge >= 0.3 is 0 Å². The zero-order chi connectivity index (χ0) is 13.0. The van der Waals surface area contributed by atoms with Crippen molar-refractivity contribution < 1.29 is 0 Å². The monoisotopic (exact) mass is 261 g/mol. The van der Waals surface area contributed by atoms with Crippen molar-refractivity contribution in [2.75, 3.05) is 0 Å². The van der Waals surface area contributed by atoms with Crippen LogP contribution in [0.1, 0.15) is 71.1 Å². The third-order valence-electron chi connectivity index (χ3n) is 7.78. The van der Waals surface area contributed by atoms with Gasteiger partial charge in [-0.1, -0.05) is 13.3 Å². The van der Waals surface area contributed by atoms with Crippen LogP contribution >= 0.6 is 0 Å². The van der Waals surface area contributed by atoms with Crippen LogP contribution in [0.5, 0.6) is 0 Å². The largest absolute Gasteiger partial charge is 0.328 e. The predicted molar refractivity (Wildman–Crippen MR) is 79.7 cm³/mol. The summed E-state index contributed by atoms with van der Waals surface area (Å²) in [4.78, 5) is 0. The van der Waals surface area contributed by atoms with E-state index in [1.807, 2.05) is 0 Å². The summed E-state index contributed by atoms with van der Waals surface area (Å²) in [7, 11) is 0. The normalized spacial score (nSPS) is 57.2. The predicted octanol–water partition coefficient (Wildman–Crippen LogP) is 4.36. The van der Waals surface area contributed by atoms with Crippen molar-refractivity contribution in [1.82, 2.24) is 0 Å². The standard InChI is InChI=1S/C18H31N/c1-18-9-2-3-17(18)16-6-4-12-11-13(19)5-7-14(12)15(16)8-10-18/h12-17H,2-11,19H2,1H3/t12?,13?,14-,15+,16+,17-,18-/m0/s1. The molecule has 0 spiro atoms. The maximum absolute atomic E-state index is 6.22. The van der Waals surface area contributed by atoms with Crippen LogP contribution in [0.3, 0.4) is 0 Å². The van der Waals surface area contributed by atoms with Crippen LogP contribution in [0, 0.1) is 35.0 Å². The van der Waals surface area contributed by atoms with Crippen molar-refractivity contribution in [3.63, 3.8) is 0 Å². The fourth-order valence-corrected chi connectivity index (χ4v) is 6.88. The molecular weight excluding hydrogens is 230 g/mol. The van der Waals surface area contributed by atoms with Gasteiger partial charge in [-0.2, -0.15) is 0 Å². The molecule has 0 aliphatic heterocycles. The number of hydrogen-bond acceptors (Lipinski definition) is 1. The molecule has 4 fully saturated rings. The molecule has 19 heavy (non-hydrogen) atoms. The zero-order valence-electron chi connectivity index (χ0n) is 12.6. The molecule has 0 aromatic heterocycles. The highest BCUT2D eigenvalue weighted by molar-refractivity contribution is 5.03. The van der Waals surface area contributed by atoms with E-state index < -0.39 is 0 Å². The molecule has 4 saturated carbocycles. The molecule has 4 aliphatic carbocycles. The van der Waals surface area contributed by atoms with Gasteiger partial charge < -0.3 is 5.73 Å². The Bertz CT molecular complexity index is 352. The maximum atomic E-state index is 6.22. The van der Waals surface area contributed by atoms with E-state index in [-0.39, 0.29) is 0 Å². The third-order valence-corrected chi connectivity index (χ3v) is 7.78. The van der Waals surface area contributed by atoms with Crippen molar-refractivity contribution in [2.24, 2.45) is 40.7 Å². The van der Waals surface area contributed by atoms with Crippen LogP contribution < -0.4 is 5.73 Å². The van der Waals surface area contributed by atoms with Gasteiger partial charge in [-0.15, -0.1) is 0 Å². The summed E-state index contributed by atoms with van der Waals surface area (Å²) in [5.41, 5.74) is 6.95. The molecule has 0 bridgehead atoms. The van der Waals surface area contributed by atoms with Crippen LogP contribution in [-0.2, 0) is 0 Å². The average Bonchev–Trinajstić information content (AvgIpc) is 2.79. The maximum Gasteiger partial charge on any atom is 0.00416 e. The number of hydrogen-bond donors (Lipinski definition) is 1. The highest BCUT2D eigenvalue weighted by Crippen LogP contribution is 2.62. The fourth-order valence-electron chi connectivity index (χ4n) is 6.88. The Kier molecular flexibility index (Phi) is 2.99. The van der Waals surface area contributed by atoms with Gasteiger partial charge in [0.15, 0.2) is 0 Å². The molecule has 2 N–H and O–H groups in total. The Morgan fingerprint density at radius 2 is 1.68 bits per heavy atom. The van der Waals surface area contributed by atoms with E-state index in [1.165, 1.54) is 44.9 Å². The molecule has 1 nitrogen and oxygen atoms in total. The van der Waals surface area contributed by atoms with Crippen molar-refractivity contribution >= 4 is 0 Å². The first kappa shape index (κ1) is 12.7. The fraction of sp³-hybridized carbons (Fsp3) is 1.00. The molecule has 0 amide bonds. The van der Waals surface area contributed by atoms with E-state index in [0.717, 1.165) is 35.0 Å². The molecule has 2 unspecified atom stereocenters. The van der Waals surface area contributed by atoms with Gasteiger partial charge in [0.2, 0.25) is 0 Å². The van der Waals surface area contributed by atoms with Gasteiger partial charge in [0.25, 0.3) is 0 Å². The SMILES string of the molecule is C[C@@]12CCC[C@H]1[C@@H]1CCC3CC(N)CC[C@@H]3[C@H]1CC2. The molecule has 4 rings (SSSR count). The second-order valence-corrected chi connectivity index (χ2v) is 8.59. The molecule has 0 radical (unpaired) electrons. The summed E-state index contributed by atoms with van der Waals surface area (Å²) in [6, 6.07) is 0.526. The summed E-state index contributed by atoms with van der Waals surface area (Å²) in [5, 5.41) is 0. The Labute approximate surface area is 118 Å². The third kappa shape index (κ3) is 1.91. The molecule has 0 aromatic rings. The Hall–Kier alpha value is -0.0400. The van der Waals surface area contributed by atoms with E-state index in [2.05, 4.69) is 6.92 Å². The van der Waals surface area contributed by atoms with Crippen LogP contribution in [0.2, 0.25) is 0 Å². The summed E-state index contributed by atoms with van der Waals surface area (Å²) < 4.78 is 0. The van der Waals surface area contributed by atoms with E-state index in [4.69, 9.17) is 5.73 Å². The summed E-state index contributed by atoms with van der Waals surface area (Å²) >= 11 is 0. The lowest BCUT2D eigenvalue weighted by Gasteiger charge is -2.55. The van der Waals surface area contributed by atoms with E-state index in [9.17, 15) is 0 Å². The Morgan fingerprint density at radius 1 is 0.842 bits per heavy atom. The Morgan fingerprint density at radius 3 is 2.58 bits per heavy atom. The minimum Gasteiger partial charge on any atom is -0.328 e. The lowest BCUT2D eigenvalue weighted by atomic mass is 9.50. The topological polar surface area (TPSA) is 26.0 Å². The number of fused-ring (bicyclic) bond motifs is 5. The molecule has 4 aliphatic rings. The van der Waals surface area contributed by atoms with Crippen LogP contribution in [0.4, 0.5) is 0 Å². The van der Waals surface area contributed by atoms with E-state index >= 15 is 0 Å². The van der Waals surface area contributed by atoms with Crippen LogP contribution in [0.15, 0.2) is 0 Å². The van der Waals surface area contributed by atoms with Crippen LogP contribution in [0.25, 0.3) is 0 Å². The van der Waals surface area contributed by atoms with Gasteiger partial charge in [-0.25, -0.2) is 0 Å². The molecule has 0 aromatic carbocycles. The van der Waals surface area contributed by atoms with Gasteiger partial charge in [-0.05, 0) is 92.8 Å². The summed E-state index contributed by atoms with van der Waals surface area (Å²) in [5.74, 6) is 5.32. The van der Waals surface area contributed by atoms with Gasteiger partial charge in [-0.3, -0.25) is 0 Å². The first-order chi connectivity index (χ1) is 9.17. The Balaban J connectivity index is 1.56. The molecule has 0 saturated heterocycles. The molecule has 1 heteroatoms. The second kappa shape index (κ2) is 4.48. The quantitative estimate of drug-likeness (QED) is 0.689. The molecule has 7 atom stereocenters. The minimum absolute atomic E-state index is 0.526. The highest BCUT2D eigenvalue weighted by Gasteiger charge is 2.53. The smallest absolute Gasteiger partial charge is 0.00416 e. The first-order valence-electron chi connectivity index (χ1n) is 8.93. The van der Waals surface area contributed by atoms with E-state index in [1.54, 1.807) is 19.3 Å². The summed E-state index contributed by atoms with van der Waals surface area (Å²) in [6.45, 7) is 2.61. The van der Waals surface area contributed by atoms with Crippen molar-refractivity contribution in [1.29, 1.82) is 0 Å². The number of nitrogens with two attached hydrogens (primary N) is 1. The second-order valence-electron chi connectivity index (χ2n) is 8.59. The molecule has 108 valence electrons.